The summed E-state index contributed by atoms with van der Waals surface area (Å²) in [5.74, 6) is -2.78. The predicted molar refractivity (Wildman–Crippen MR) is 84.0 cm³/mol. The Morgan fingerprint density at radius 1 is 1.42 bits per heavy atom. The van der Waals surface area contributed by atoms with E-state index < -0.39 is 12.0 Å². The number of piperidine rings is 1. The molecule has 1 amide bonds. The van der Waals surface area contributed by atoms with Gasteiger partial charge in [0.15, 0.2) is 0 Å². The van der Waals surface area contributed by atoms with Gasteiger partial charge >= 0.3 is 0 Å². The number of carbonyl (C=O) groups excluding carboxylic acids is 1. The fourth-order valence-corrected chi connectivity index (χ4v) is 3.90. The second-order valence-electron chi connectivity index (χ2n) is 6.89. The second-order valence-corrected chi connectivity index (χ2v) is 6.89. The van der Waals surface area contributed by atoms with Crippen molar-refractivity contribution in [2.24, 2.45) is 7.05 Å². The Morgan fingerprint density at radius 3 is 2.62 bits per heavy atom. The molecule has 0 saturated carbocycles. The van der Waals surface area contributed by atoms with E-state index in [4.69, 9.17) is 0 Å². The SMILES string of the molecule is Cc1nn(C)cc1C(=O)N1CCC(N2CC(F)(F)C[C@H]2CO)CC1. The van der Waals surface area contributed by atoms with Crippen LogP contribution in [0, 0.1) is 6.92 Å². The molecular weight excluding hydrogens is 318 g/mol. The molecule has 134 valence electrons. The Morgan fingerprint density at radius 2 is 2.08 bits per heavy atom. The van der Waals surface area contributed by atoms with E-state index in [2.05, 4.69) is 5.10 Å². The van der Waals surface area contributed by atoms with Gasteiger partial charge < -0.3 is 10.0 Å². The zero-order valence-electron chi connectivity index (χ0n) is 14.1. The van der Waals surface area contributed by atoms with Crippen molar-refractivity contribution in [3.63, 3.8) is 0 Å². The monoisotopic (exact) mass is 342 g/mol. The standard InChI is InChI=1S/C16H24F2N4O2/c1-11-14(8-20(2)19-11)15(24)21-5-3-12(4-6-21)22-10-16(17,18)7-13(22)9-23/h8,12-13,23H,3-7,9-10H2,1-2H3/t13-/m0/s1. The van der Waals surface area contributed by atoms with Crippen LogP contribution in [-0.4, -0.2) is 74.8 Å². The summed E-state index contributed by atoms with van der Waals surface area (Å²) in [5.41, 5.74) is 1.29. The maximum Gasteiger partial charge on any atom is 0.262 e. The molecule has 2 aliphatic heterocycles. The number of hydrogen-bond acceptors (Lipinski definition) is 4. The molecule has 6 nitrogen and oxygen atoms in total. The normalized spacial score (nSPS) is 25.4. The van der Waals surface area contributed by atoms with Gasteiger partial charge in [0.2, 0.25) is 0 Å². The highest BCUT2D eigenvalue weighted by Gasteiger charge is 2.47. The minimum Gasteiger partial charge on any atom is -0.395 e. The Bertz CT molecular complexity index is 611. The average Bonchev–Trinajstić information content (AvgIpc) is 3.04. The quantitative estimate of drug-likeness (QED) is 0.891. The number of aromatic nitrogens is 2. The van der Waals surface area contributed by atoms with E-state index >= 15 is 0 Å². The third-order valence-electron chi connectivity index (χ3n) is 5.09. The first kappa shape index (κ1) is 17.3. The molecule has 2 aliphatic rings. The van der Waals surface area contributed by atoms with Crippen LogP contribution in [0.1, 0.15) is 35.3 Å². The number of halogens is 2. The molecule has 0 aromatic carbocycles. The minimum atomic E-state index is -2.73. The van der Waals surface area contributed by atoms with Crippen molar-refractivity contribution in [1.82, 2.24) is 19.6 Å². The zero-order valence-corrected chi connectivity index (χ0v) is 14.1. The smallest absolute Gasteiger partial charge is 0.262 e. The Kier molecular flexibility index (Phi) is 4.61. The summed E-state index contributed by atoms with van der Waals surface area (Å²) < 4.78 is 28.9. The Hall–Kier alpha value is -1.54. The number of hydrogen-bond donors (Lipinski definition) is 1. The fraction of sp³-hybridized carbons (Fsp3) is 0.750. The molecule has 1 aromatic rings. The molecule has 2 fully saturated rings. The van der Waals surface area contributed by atoms with Crippen molar-refractivity contribution >= 4 is 5.91 Å². The van der Waals surface area contributed by atoms with Crippen LogP contribution in [-0.2, 0) is 7.05 Å². The maximum atomic E-state index is 13.6. The Labute approximate surface area is 140 Å². The number of aliphatic hydroxyl groups excluding tert-OH is 1. The molecule has 1 N–H and O–H groups in total. The summed E-state index contributed by atoms with van der Waals surface area (Å²) in [5, 5.41) is 13.6. The second kappa shape index (κ2) is 6.40. The van der Waals surface area contributed by atoms with E-state index in [9.17, 15) is 18.7 Å². The first-order valence-corrected chi connectivity index (χ1v) is 8.34. The van der Waals surface area contributed by atoms with Gasteiger partial charge in [-0.25, -0.2) is 8.78 Å². The molecule has 3 rings (SSSR count). The van der Waals surface area contributed by atoms with Gasteiger partial charge in [0.05, 0.1) is 24.4 Å². The summed E-state index contributed by atoms with van der Waals surface area (Å²) in [4.78, 5) is 16.1. The number of alkyl halides is 2. The zero-order chi connectivity index (χ0) is 17.5. The van der Waals surface area contributed by atoms with Gasteiger partial charge in [0.1, 0.15) is 0 Å². The predicted octanol–water partition coefficient (Wildman–Crippen LogP) is 1.04. The van der Waals surface area contributed by atoms with Crippen molar-refractivity contribution in [3.05, 3.63) is 17.5 Å². The van der Waals surface area contributed by atoms with Gasteiger partial charge in [-0.15, -0.1) is 0 Å². The molecule has 0 aliphatic carbocycles. The number of aliphatic hydroxyl groups is 1. The first-order valence-electron chi connectivity index (χ1n) is 8.34. The third kappa shape index (κ3) is 3.30. The molecular formula is C16H24F2N4O2. The van der Waals surface area contributed by atoms with Crippen LogP contribution in [0.3, 0.4) is 0 Å². The molecule has 0 spiro atoms. The molecule has 3 heterocycles. The summed E-state index contributed by atoms with van der Waals surface area (Å²) in [7, 11) is 1.78. The molecule has 8 heteroatoms. The molecule has 24 heavy (non-hydrogen) atoms. The minimum absolute atomic E-state index is 0.00503. The van der Waals surface area contributed by atoms with Crippen LogP contribution in [0.15, 0.2) is 6.20 Å². The molecule has 0 radical (unpaired) electrons. The van der Waals surface area contributed by atoms with Gasteiger partial charge in [-0.1, -0.05) is 0 Å². The number of amides is 1. The highest BCUT2D eigenvalue weighted by molar-refractivity contribution is 5.95. The van der Waals surface area contributed by atoms with Crippen LogP contribution in [0.5, 0.6) is 0 Å². The van der Waals surface area contributed by atoms with E-state index in [1.165, 1.54) is 0 Å². The lowest BCUT2D eigenvalue weighted by Crippen LogP contribution is -2.49. The number of likely N-dealkylation sites (tertiary alicyclic amines) is 2. The van der Waals surface area contributed by atoms with E-state index in [-0.39, 0.29) is 31.5 Å². The van der Waals surface area contributed by atoms with Gasteiger partial charge in [0.25, 0.3) is 11.8 Å². The van der Waals surface area contributed by atoms with Crippen molar-refractivity contribution in [2.75, 3.05) is 26.2 Å². The van der Waals surface area contributed by atoms with Crippen LogP contribution >= 0.6 is 0 Å². The lowest BCUT2D eigenvalue weighted by molar-refractivity contribution is 0.00296. The fourth-order valence-electron chi connectivity index (χ4n) is 3.90. The largest absolute Gasteiger partial charge is 0.395 e. The van der Waals surface area contributed by atoms with E-state index in [0.717, 1.165) is 0 Å². The number of aryl methyl sites for hydroxylation is 2. The molecule has 1 aromatic heterocycles. The first-order chi connectivity index (χ1) is 11.3. The van der Waals surface area contributed by atoms with Crippen LogP contribution in [0.4, 0.5) is 8.78 Å². The third-order valence-corrected chi connectivity index (χ3v) is 5.09. The highest BCUT2D eigenvalue weighted by Crippen LogP contribution is 2.35. The van der Waals surface area contributed by atoms with Crippen LogP contribution in [0.2, 0.25) is 0 Å². The molecule has 0 unspecified atom stereocenters. The number of carbonyl (C=O) groups is 1. The van der Waals surface area contributed by atoms with Gasteiger partial charge in [-0.3, -0.25) is 14.4 Å². The molecule has 0 bridgehead atoms. The van der Waals surface area contributed by atoms with Gasteiger partial charge in [0, 0.05) is 44.8 Å². The van der Waals surface area contributed by atoms with Gasteiger partial charge in [-0.2, -0.15) is 5.10 Å². The summed E-state index contributed by atoms with van der Waals surface area (Å²) >= 11 is 0. The number of nitrogens with zero attached hydrogens (tertiary/aromatic N) is 4. The van der Waals surface area contributed by atoms with E-state index in [0.29, 0.717) is 37.2 Å². The summed E-state index contributed by atoms with van der Waals surface area (Å²) in [6.07, 6.45) is 2.74. The van der Waals surface area contributed by atoms with Crippen molar-refractivity contribution in [3.8, 4) is 0 Å². The van der Waals surface area contributed by atoms with Crippen molar-refractivity contribution in [1.29, 1.82) is 0 Å². The van der Waals surface area contributed by atoms with Crippen molar-refractivity contribution in [2.45, 2.75) is 44.2 Å². The summed E-state index contributed by atoms with van der Waals surface area (Å²) in [6.45, 7) is 2.34. The van der Waals surface area contributed by atoms with Gasteiger partial charge in [-0.05, 0) is 19.8 Å². The Balaban J connectivity index is 1.62. The van der Waals surface area contributed by atoms with Crippen LogP contribution < -0.4 is 0 Å². The number of rotatable bonds is 3. The van der Waals surface area contributed by atoms with Crippen LogP contribution in [0.25, 0.3) is 0 Å². The summed E-state index contributed by atoms with van der Waals surface area (Å²) in [6, 6.07) is -0.484. The molecule has 2 saturated heterocycles. The topological polar surface area (TPSA) is 61.6 Å². The molecule has 1 atom stereocenters. The highest BCUT2D eigenvalue weighted by atomic mass is 19.3. The van der Waals surface area contributed by atoms with E-state index in [1.54, 1.807) is 34.6 Å². The van der Waals surface area contributed by atoms with E-state index in [1.807, 2.05) is 0 Å². The lowest BCUT2D eigenvalue weighted by Gasteiger charge is -2.38. The lowest BCUT2D eigenvalue weighted by atomic mass is 10.0. The maximum absolute atomic E-state index is 13.6. The average molecular weight is 342 g/mol. The van der Waals surface area contributed by atoms with Crippen molar-refractivity contribution < 1.29 is 18.7 Å².